The summed E-state index contributed by atoms with van der Waals surface area (Å²) < 4.78 is 27.9. The van der Waals surface area contributed by atoms with Gasteiger partial charge >= 0.3 is 0 Å². The van der Waals surface area contributed by atoms with Gasteiger partial charge < -0.3 is 10.2 Å². The zero-order chi connectivity index (χ0) is 22.3. The highest BCUT2D eigenvalue weighted by molar-refractivity contribution is 5.87. The SMILES string of the molecule is O=C([C@@H]1CCCN1)N1CC(c2cc(F)ccc2F)=CC1c1ccccc1.c1ccccc1. The monoisotopic (exact) mass is 432 g/mol. The molecule has 3 nitrogen and oxygen atoms in total. The van der Waals surface area contributed by atoms with Crippen molar-refractivity contribution >= 4 is 11.5 Å². The van der Waals surface area contributed by atoms with E-state index in [1.54, 1.807) is 4.90 Å². The number of amides is 1. The molecule has 0 aromatic heterocycles. The van der Waals surface area contributed by atoms with Crippen LogP contribution < -0.4 is 5.32 Å². The van der Waals surface area contributed by atoms with Crippen molar-refractivity contribution in [1.29, 1.82) is 0 Å². The van der Waals surface area contributed by atoms with E-state index < -0.39 is 11.6 Å². The maximum atomic E-state index is 14.3. The Morgan fingerprint density at radius 3 is 2.19 bits per heavy atom. The van der Waals surface area contributed by atoms with Crippen LogP contribution >= 0.6 is 0 Å². The average molecular weight is 433 g/mol. The Kier molecular flexibility index (Phi) is 7.07. The number of carbonyl (C=O) groups excluding carboxylic acids is 1. The first-order valence-electron chi connectivity index (χ1n) is 10.9. The molecule has 2 aliphatic rings. The number of hydrogen-bond acceptors (Lipinski definition) is 2. The van der Waals surface area contributed by atoms with E-state index in [-0.39, 0.29) is 30.1 Å². The van der Waals surface area contributed by atoms with Gasteiger partial charge in [0.25, 0.3) is 0 Å². The Morgan fingerprint density at radius 2 is 1.56 bits per heavy atom. The van der Waals surface area contributed by atoms with Crippen LogP contribution in [-0.2, 0) is 4.79 Å². The fourth-order valence-electron chi connectivity index (χ4n) is 4.16. The molecular formula is C27H26F2N2O. The summed E-state index contributed by atoms with van der Waals surface area (Å²) in [6.45, 7) is 1.11. The number of nitrogens with one attached hydrogen (secondary N) is 1. The predicted molar refractivity (Wildman–Crippen MR) is 123 cm³/mol. The normalized spacial score (nSPS) is 19.8. The molecular weight excluding hydrogens is 406 g/mol. The molecule has 2 aliphatic heterocycles. The van der Waals surface area contributed by atoms with E-state index >= 15 is 0 Å². The summed E-state index contributed by atoms with van der Waals surface area (Å²) in [5, 5.41) is 3.23. The number of carbonyl (C=O) groups is 1. The molecule has 2 heterocycles. The second kappa shape index (κ2) is 10.3. The number of halogens is 2. The first-order chi connectivity index (χ1) is 15.6. The topological polar surface area (TPSA) is 32.3 Å². The Labute approximate surface area is 187 Å². The van der Waals surface area contributed by atoms with E-state index in [1.165, 1.54) is 6.07 Å². The Balaban J connectivity index is 0.000000354. The van der Waals surface area contributed by atoms with Gasteiger partial charge in [0.15, 0.2) is 0 Å². The van der Waals surface area contributed by atoms with Crippen molar-refractivity contribution < 1.29 is 13.6 Å². The molecule has 0 bridgehead atoms. The predicted octanol–water partition coefficient (Wildman–Crippen LogP) is 5.37. The summed E-state index contributed by atoms with van der Waals surface area (Å²) in [5.74, 6) is -0.946. The lowest BCUT2D eigenvalue weighted by Crippen LogP contribution is -2.43. The van der Waals surface area contributed by atoms with Crippen LogP contribution in [0.3, 0.4) is 0 Å². The molecule has 164 valence electrons. The number of rotatable bonds is 3. The Bertz CT molecular complexity index is 1040. The van der Waals surface area contributed by atoms with Crippen molar-refractivity contribution in [2.24, 2.45) is 0 Å². The van der Waals surface area contributed by atoms with Crippen LogP contribution in [0.1, 0.15) is 30.0 Å². The van der Waals surface area contributed by atoms with Crippen molar-refractivity contribution in [3.63, 3.8) is 0 Å². The molecule has 32 heavy (non-hydrogen) atoms. The molecule has 0 spiro atoms. The first kappa shape index (κ1) is 21.9. The minimum atomic E-state index is -0.485. The Hall–Kier alpha value is -3.31. The van der Waals surface area contributed by atoms with Crippen LogP contribution in [0.25, 0.3) is 5.57 Å². The van der Waals surface area contributed by atoms with Crippen LogP contribution in [0.4, 0.5) is 8.78 Å². The molecule has 1 amide bonds. The summed E-state index contributed by atoms with van der Waals surface area (Å²) in [6, 6.07) is 24.6. The molecule has 3 aromatic rings. The third-order valence-corrected chi connectivity index (χ3v) is 5.76. The minimum Gasteiger partial charge on any atom is -0.326 e. The number of hydrogen-bond donors (Lipinski definition) is 1. The van der Waals surface area contributed by atoms with E-state index in [1.807, 2.05) is 72.8 Å². The van der Waals surface area contributed by atoms with Crippen molar-refractivity contribution in [2.75, 3.05) is 13.1 Å². The summed E-state index contributed by atoms with van der Waals surface area (Å²) >= 11 is 0. The van der Waals surface area contributed by atoms with Gasteiger partial charge in [0, 0.05) is 12.1 Å². The maximum Gasteiger partial charge on any atom is 0.240 e. The van der Waals surface area contributed by atoms with Crippen LogP contribution in [0.15, 0.2) is 91.0 Å². The molecule has 1 unspecified atom stereocenters. The molecule has 0 saturated carbocycles. The van der Waals surface area contributed by atoms with E-state index in [0.717, 1.165) is 37.1 Å². The highest BCUT2D eigenvalue weighted by atomic mass is 19.1. The summed E-state index contributed by atoms with van der Waals surface area (Å²) in [6.07, 6.45) is 3.65. The Morgan fingerprint density at radius 1 is 0.906 bits per heavy atom. The molecule has 5 heteroatoms. The van der Waals surface area contributed by atoms with Crippen molar-refractivity contribution in [2.45, 2.75) is 24.9 Å². The van der Waals surface area contributed by atoms with Gasteiger partial charge in [-0.3, -0.25) is 4.79 Å². The van der Waals surface area contributed by atoms with E-state index in [0.29, 0.717) is 5.57 Å². The van der Waals surface area contributed by atoms with Crippen LogP contribution in [0.2, 0.25) is 0 Å². The summed E-state index contributed by atoms with van der Waals surface area (Å²) in [5.41, 5.74) is 1.83. The van der Waals surface area contributed by atoms with Crippen LogP contribution in [0, 0.1) is 11.6 Å². The highest BCUT2D eigenvalue weighted by Crippen LogP contribution is 2.36. The number of nitrogens with zero attached hydrogens (tertiary/aromatic N) is 1. The molecule has 1 saturated heterocycles. The second-order valence-electron chi connectivity index (χ2n) is 7.94. The lowest BCUT2D eigenvalue weighted by atomic mass is 10.0. The van der Waals surface area contributed by atoms with Crippen molar-refractivity contribution in [1.82, 2.24) is 10.2 Å². The van der Waals surface area contributed by atoms with Crippen LogP contribution in [-0.4, -0.2) is 29.9 Å². The van der Waals surface area contributed by atoms with E-state index in [2.05, 4.69) is 5.32 Å². The molecule has 2 atom stereocenters. The van der Waals surface area contributed by atoms with Gasteiger partial charge in [0.05, 0.1) is 12.1 Å². The fraction of sp³-hybridized carbons (Fsp3) is 0.222. The van der Waals surface area contributed by atoms with Gasteiger partial charge in [-0.05, 0) is 48.7 Å². The largest absolute Gasteiger partial charge is 0.326 e. The van der Waals surface area contributed by atoms with E-state index in [9.17, 15) is 13.6 Å². The van der Waals surface area contributed by atoms with Crippen molar-refractivity contribution in [3.8, 4) is 0 Å². The lowest BCUT2D eigenvalue weighted by molar-refractivity contribution is -0.133. The third-order valence-electron chi connectivity index (χ3n) is 5.76. The zero-order valence-corrected chi connectivity index (χ0v) is 17.8. The summed E-state index contributed by atoms with van der Waals surface area (Å²) in [4.78, 5) is 14.8. The van der Waals surface area contributed by atoms with Gasteiger partial charge in [0.2, 0.25) is 5.91 Å². The number of benzene rings is 3. The maximum absolute atomic E-state index is 14.3. The zero-order valence-electron chi connectivity index (χ0n) is 17.8. The second-order valence-corrected chi connectivity index (χ2v) is 7.94. The van der Waals surface area contributed by atoms with Gasteiger partial charge in [0.1, 0.15) is 11.6 Å². The van der Waals surface area contributed by atoms with Gasteiger partial charge in [-0.2, -0.15) is 0 Å². The standard InChI is InChI=1S/C21H20F2N2O.C6H6/c22-16-8-9-18(23)17(12-16)15-11-20(14-5-2-1-3-6-14)25(13-15)21(26)19-7-4-10-24-19;1-2-4-6-5-3-1/h1-3,5-6,8-9,11-12,19-20,24H,4,7,10,13H2;1-6H/t19-,20?;/m0./s1. The van der Waals surface area contributed by atoms with Crippen molar-refractivity contribution in [3.05, 3.63) is 114 Å². The highest BCUT2D eigenvalue weighted by Gasteiger charge is 2.35. The third kappa shape index (κ3) is 5.11. The van der Waals surface area contributed by atoms with Crippen LogP contribution in [0.5, 0.6) is 0 Å². The molecule has 3 aromatic carbocycles. The first-order valence-corrected chi connectivity index (χ1v) is 10.9. The molecule has 0 radical (unpaired) electrons. The van der Waals surface area contributed by atoms with Gasteiger partial charge in [-0.25, -0.2) is 8.78 Å². The van der Waals surface area contributed by atoms with Gasteiger partial charge in [-0.1, -0.05) is 72.8 Å². The van der Waals surface area contributed by atoms with Gasteiger partial charge in [-0.15, -0.1) is 0 Å². The smallest absolute Gasteiger partial charge is 0.240 e. The fourth-order valence-corrected chi connectivity index (χ4v) is 4.16. The van der Waals surface area contributed by atoms with E-state index in [4.69, 9.17) is 0 Å². The quantitative estimate of drug-likeness (QED) is 0.604. The minimum absolute atomic E-state index is 0.0133. The molecule has 1 N–H and O–H groups in total. The molecule has 0 aliphatic carbocycles. The average Bonchev–Trinajstić information content (AvgIpc) is 3.53. The summed E-state index contributed by atoms with van der Waals surface area (Å²) in [7, 11) is 0. The molecule has 5 rings (SSSR count). The lowest BCUT2D eigenvalue weighted by Gasteiger charge is -2.28. The molecule has 1 fully saturated rings.